The second kappa shape index (κ2) is 17.4. The van der Waals surface area contributed by atoms with Crippen molar-refractivity contribution in [1.82, 2.24) is 29.5 Å². The number of nitrogen functional groups attached to an aromatic ring is 1. The predicted molar refractivity (Wildman–Crippen MR) is 189 cm³/mol. The molecule has 14 heteroatoms. The monoisotopic (exact) mass is 676 g/mol. The van der Waals surface area contributed by atoms with Crippen molar-refractivity contribution >= 4 is 34.5 Å². The highest BCUT2D eigenvalue weighted by Gasteiger charge is 2.30. The zero-order valence-corrected chi connectivity index (χ0v) is 28.9. The highest BCUT2D eigenvalue weighted by molar-refractivity contribution is 5.98. The van der Waals surface area contributed by atoms with Crippen LogP contribution in [0.2, 0.25) is 0 Å². The molecule has 0 bridgehead atoms. The Labute approximate surface area is 286 Å². The third-order valence-electron chi connectivity index (χ3n) is 8.74. The van der Waals surface area contributed by atoms with Crippen LogP contribution in [0, 0.1) is 0 Å². The molecule has 2 aromatic carbocycles. The quantitative estimate of drug-likeness (QED) is 0.203. The van der Waals surface area contributed by atoms with Crippen LogP contribution in [0.1, 0.15) is 51.1 Å². The van der Waals surface area contributed by atoms with Crippen LogP contribution in [-0.2, 0) is 16.1 Å². The largest absolute Gasteiger partial charge is 0.496 e. The number of rotatable bonds is 8. The lowest BCUT2D eigenvalue weighted by Gasteiger charge is -2.41. The number of anilines is 2. The smallest absolute Gasteiger partial charge is 0.300 e. The molecule has 0 spiro atoms. The Morgan fingerprint density at radius 1 is 0.878 bits per heavy atom. The van der Waals surface area contributed by atoms with Crippen molar-refractivity contribution in [3.05, 3.63) is 54.4 Å². The summed E-state index contributed by atoms with van der Waals surface area (Å²) in [5.41, 5.74) is 11.0. The van der Waals surface area contributed by atoms with Gasteiger partial charge in [-0.15, -0.1) is 0 Å². The van der Waals surface area contributed by atoms with Crippen molar-refractivity contribution in [2.75, 3.05) is 58.5 Å². The average molecular weight is 677 g/mol. The minimum atomic E-state index is -0.833. The van der Waals surface area contributed by atoms with Gasteiger partial charge in [0.2, 0.25) is 0 Å². The minimum Gasteiger partial charge on any atom is -0.496 e. The molecular weight excluding hydrogens is 628 g/mol. The summed E-state index contributed by atoms with van der Waals surface area (Å²) in [7, 11) is 5.56. The Bertz CT molecular complexity index is 1640. The molecule has 3 heterocycles. The summed E-state index contributed by atoms with van der Waals surface area (Å²) in [5.74, 6) is 0.380. The Hall–Kier alpha value is -4.95. The molecule has 2 fully saturated rings. The first-order valence-electron chi connectivity index (χ1n) is 16.4. The Morgan fingerprint density at radius 2 is 1.43 bits per heavy atom. The lowest BCUT2D eigenvalue weighted by atomic mass is 9.90. The van der Waals surface area contributed by atoms with Gasteiger partial charge in [0, 0.05) is 63.9 Å². The summed E-state index contributed by atoms with van der Waals surface area (Å²) < 4.78 is 13.2. The van der Waals surface area contributed by atoms with Gasteiger partial charge in [0.1, 0.15) is 29.3 Å². The lowest BCUT2D eigenvalue weighted by Crippen LogP contribution is -2.49. The van der Waals surface area contributed by atoms with Gasteiger partial charge in [0.25, 0.3) is 11.9 Å². The van der Waals surface area contributed by atoms with E-state index < -0.39 is 11.9 Å². The van der Waals surface area contributed by atoms with E-state index in [0.717, 1.165) is 84.8 Å². The molecule has 1 aliphatic heterocycles. The molecule has 2 aromatic heterocycles. The van der Waals surface area contributed by atoms with Gasteiger partial charge in [0.15, 0.2) is 5.65 Å². The molecule has 0 atom stereocenters. The maximum atomic E-state index is 9.00. The number of nitrogens with zero attached hydrogens (tertiary/aromatic N) is 6. The molecule has 6 rings (SSSR count). The summed E-state index contributed by atoms with van der Waals surface area (Å²) in [4.78, 5) is 32.1. The van der Waals surface area contributed by atoms with Crippen LogP contribution in [0.4, 0.5) is 11.5 Å². The van der Waals surface area contributed by atoms with E-state index in [0.29, 0.717) is 24.4 Å². The van der Waals surface area contributed by atoms with Crippen LogP contribution in [0.15, 0.2) is 48.8 Å². The van der Waals surface area contributed by atoms with E-state index in [1.165, 1.54) is 25.9 Å². The second-order valence-corrected chi connectivity index (χ2v) is 12.2. The molecule has 5 N–H and O–H groups in total. The van der Waals surface area contributed by atoms with Gasteiger partial charge < -0.3 is 35.6 Å². The van der Waals surface area contributed by atoms with E-state index in [2.05, 4.69) is 61.1 Å². The first kappa shape index (κ1) is 36.9. The van der Waals surface area contributed by atoms with Crippen molar-refractivity contribution in [3.63, 3.8) is 0 Å². The molecule has 0 amide bonds. The van der Waals surface area contributed by atoms with Gasteiger partial charge in [-0.25, -0.2) is 14.6 Å². The third kappa shape index (κ3) is 9.80. The van der Waals surface area contributed by atoms with E-state index in [9.17, 15) is 0 Å². The van der Waals surface area contributed by atoms with E-state index in [1.54, 1.807) is 20.5 Å². The highest BCUT2D eigenvalue weighted by Crippen LogP contribution is 2.37. The number of carbonyl (C=O) groups is 2. The van der Waals surface area contributed by atoms with Crippen LogP contribution in [0.25, 0.3) is 22.3 Å². The highest BCUT2D eigenvalue weighted by atomic mass is 16.5. The van der Waals surface area contributed by atoms with Crippen LogP contribution in [-0.4, -0.2) is 105 Å². The Balaban J connectivity index is 0.000000612. The molecule has 49 heavy (non-hydrogen) atoms. The topological polar surface area (TPSA) is 181 Å². The maximum Gasteiger partial charge on any atom is 0.300 e. The first-order chi connectivity index (χ1) is 23.5. The van der Waals surface area contributed by atoms with E-state index in [1.807, 2.05) is 18.2 Å². The zero-order chi connectivity index (χ0) is 35.5. The molecule has 1 saturated heterocycles. The van der Waals surface area contributed by atoms with Crippen LogP contribution in [0.5, 0.6) is 11.5 Å². The normalized spacial score (nSPS) is 18.0. The number of nitrogens with two attached hydrogens (primary N) is 1. The summed E-state index contributed by atoms with van der Waals surface area (Å²) >= 11 is 0. The number of hydrogen-bond acceptors (Lipinski definition) is 11. The van der Waals surface area contributed by atoms with Gasteiger partial charge >= 0.3 is 0 Å². The van der Waals surface area contributed by atoms with Crippen LogP contribution < -0.4 is 20.5 Å². The van der Waals surface area contributed by atoms with Crippen molar-refractivity contribution in [3.8, 4) is 22.8 Å². The van der Waals surface area contributed by atoms with Crippen LogP contribution >= 0.6 is 0 Å². The number of likely N-dealkylation sites (N-methyl/N-ethyl adjacent to an activating group) is 1. The molecule has 1 aliphatic carbocycles. The average Bonchev–Trinajstić information content (AvgIpc) is 3.48. The summed E-state index contributed by atoms with van der Waals surface area (Å²) in [6, 6.07) is 15.0. The number of nitrogens with one attached hydrogen (secondary N) is 1. The summed E-state index contributed by atoms with van der Waals surface area (Å²) in [5, 5.41) is 24.3. The van der Waals surface area contributed by atoms with E-state index >= 15 is 0 Å². The number of hydrogen-bond donors (Lipinski definition) is 4. The fraction of sp³-hybridized carbons (Fsp3) is 0.457. The van der Waals surface area contributed by atoms with Gasteiger partial charge in [-0.3, -0.25) is 14.5 Å². The predicted octanol–water partition coefficient (Wildman–Crippen LogP) is 4.62. The van der Waals surface area contributed by atoms with E-state index in [-0.39, 0.29) is 0 Å². The number of methoxy groups -OCH3 is 2. The summed E-state index contributed by atoms with van der Waals surface area (Å²) in [6.45, 7) is 7.39. The van der Waals surface area contributed by atoms with Crippen LogP contribution in [0.3, 0.4) is 0 Å². The Morgan fingerprint density at radius 3 is 1.98 bits per heavy atom. The number of benzene rings is 2. The molecule has 0 radical (unpaired) electrons. The number of piperazine rings is 1. The molecule has 4 aromatic rings. The molecule has 1 saturated carbocycles. The zero-order valence-electron chi connectivity index (χ0n) is 28.9. The number of carboxylic acid groups (broad SMARTS) is 2. The van der Waals surface area contributed by atoms with Crippen molar-refractivity contribution < 1.29 is 29.3 Å². The van der Waals surface area contributed by atoms with Crippen molar-refractivity contribution in [2.24, 2.45) is 0 Å². The number of fused-ring (bicyclic) bond motifs is 1. The van der Waals surface area contributed by atoms with Gasteiger partial charge in [-0.2, -0.15) is 5.10 Å². The molecule has 2 aliphatic rings. The summed E-state index contributed by atoms with van der Waals surface area (Å²) in [6.07, 6.45) is 6.10. The first-order valence-corrected chi connectivity index (χ1v) is 16.4. The third-order valence-corrected chi connectivity index (χ3v) is 8.74. The fourth-order valence-corrected chi connectivity index (χ4v) is 6.35. The number of aromatic nitrogens is 4. The second-order valence-electron chi connectivity index (χ2n) is 12.2. The van der Waals surface area contributed by atoms with Gasteiger partial charge in [-0.1, -0.05) is 18.2 Å². The minimum absolute atomic E-state index is 0.307. The maximum absolute atomic E-state index is 9.00. The number of aliphatic carboxylic acids is 2. The van der Waals surface area contributed by atoms with Crippen molar-refractivity contribution in [1.29, 1.82) is 0 Å². The van der Waals surface area contributed by atoms with E-state index in [4.69, 9.17) is 40.1 Å². The standard InChI is InChI=1S/C31H40N8O2.2C2H4O2/c1-37-15-17-38(18-16-37)23-11-13-24(14-12-23)39-31-28(30(32)34-20-35-31)29(36-39)21-7-9-22(10-8-21)33-19-25-26(40-2)5-4-6-27(25)41-3;2*1-2(3)4/h4-10,20,23-24,33H,11-19H2,1-3H3,(H2,32,34,35);2*1H3,(H,3,4). The SMILES string of the molecule is CC(=O)O.CC(=O)O.COc1cccc(OC)c1CNc1ccc(-c2nn(C3CCC(N4CCN(C)CC4)CC3)c3ncnc(N)c23)cc1. The Kier molecular flexibility index (Phi) is 13.1. The molecule has 14 nitrogen and oxygen atoms in total. The lowest BCUT2D eigenvalue weighted by molar-refractivity contribution is -0.135. The van der Waals surface area contributed by atoms with Gasteiger partial charge in [0.05, 0.1) is 31.2 Å². The van der Waals surface area contributed by atoms with Gasteiger partial charge in [-0.05, 0) is 57.0 Å². The molecular formula is C35H48N8O6. The molecule has 0 unspecified atom stereocenters. The fourth-order valence-electron chi connectivity index (χ4n) is 6.35. The number of carboxylic acids is 2. The van der Waals surface area contributed by atoms with Crippen molar-refractivity contribution in [2.45, 2.75) is 58.2 Å². The molecule has 264 valence electrons. The number of ether oxygens (including phenoxy) is 2.